The van der Waals surface area contributed by atoms with E-state index in [0.717, 1.165) is 11.1 Å². The third-order valence-corrected chi connectivity index (χ3v) is 3.27. The van der Waals surface area contributed by atoms with Gasteiger partial charge in [0.1, 0.15) is 5.60 Å². The minimum Gasteiger partial charge on any atom is -0.448 e. The second-order valence-electron chi connectivity index (χ2n) is 6.24. The van der Waals surface area contributed by atoms with Crippen LogP contribution in [0.5, 0.6) is 0 Å². The lowest BCUT2D eigenvalue weighted by molar-refractivity contribution is 0.0574. The zero-order valence-electron chi connectivity index (χ0n) is 13.9. The molecule has 4 heteroatoms. The molecule has 0 saturated heterocycles. The van der Waals surface area contributed by atoms with Crippen LogP contribution in [0, 0.1) is 0 Å². The Morgan fingerprint density at radius 1 is 1.26 bits per heavy atom. The molecule has 0 radical (unpaired) electrons. The largest absolute Gasteiger partial charge is 0.448 e. The fourth-order valence-corrected chi connectivity index (χ4v) is 2.23. The van der Waals surface area contributed by atoms with Gasteiger partial charge in [0.25, 0.3) is 0 Å². The fraction of sp³-hybridized carbons (Fsp3) is 0.316. The van der Waals surface area contributed by atoms with Gasteiger partial charge in [-0.3, -0.25) is 0 Å². The summed E-state index contributed by atoms with van der Waals surface area (Å²) in [5, 5.41) is 0. The number of rotatable bonds is 5. The Balaban J connectivity index is 2.15. The molecule has 0 fully saturated rings. The molecule has 0 aliphatic heterocycles. The van der Waals surface area contributed by atoms with Crippen molar-refractivity contribution in [3.8, 4) is 0 Å². The Bertz CT molecular complexity index is 654. The number of anilines is 1. The van der Waals surface area contributed by atoms with Gasteiger partial charge in [-0.05, 0) is 44.4 Å². The quantitative estimate of drug-likeness (QED) is 0.788. The summed E-state index contributed by atoms with van der Waals surface area (Å²) in [5.41, 5.74) is 1.64. The van der Waals surface area contributed by atoms with E-state index in [4.69, 9.17) is 9.15 Å². The van der Waals surface area contributed by atoms with Gasteiger partial charge in [-0.1, -0.05) is 36.9 Å². The van der Waals surface area contributed by atoms with E-state index >= 15 is 0 Å². The first kappa shape index (κ1) is 16.9. The molecule has 1 amide bonds. The van der Waals surface area contributed by atoms with Crippen LogP contribution in [0.25, 0.3) is 6.08 Å². The molecule has 0 aliphatic rings. The van der Waals surface area contributed by atoms with Crippen LogP contribution in [0.3, 0.4) is 0 Å². The molecule has 0 unspecified atom stereocenters. The summed E-state index contributed by atoms with van der Waals surface area (Å²) in [6.07, 6.45) is 3.63. The molecule has 0 aliphatic carbocycles. The van der Waals surface area contributed by atoms with Crippen molar-refractivity contribution < 1.29 is 13.9 Å². The summed E-state index contributed by atoms with van der Waals surface area (Å²) in [5.74, 6) is 0.482. The molecule has 1 aromatic carbocycles. The molecule has 0 spiro atoms. The average Bonchev–Trinajstić information content (AvgIpc) is 3.00. The number of hydrogen-bond donors (Lipinski definition) is 0. The molecule has 1 heterocycles. The molecule has 0 N–H and O–H groups in total. The van der Waals surface area contributed by atoms with Crippen LogP contribution in [0.2, 0.25) is 0 Å². The Labute approximate surface area is 137 Å². The predicted molar refractivity (Wildman–Crippen MR) is 92.5 cm³/mol. The predicted octanol–water partition coefficient (Wildman–Crippen LogP) is 4.91. The molecule has 23 heavy (non-hydrogen) atoms. The molecule has 2 rings (SSSR count). The Kier molecular flexibility index (Phi) is 5.27. The van der Waals surface area contributed by atoms with Gasteiger partial charge in [0.05, 0.1) is 6.26 Å². The van der Waals surface area contributed by atoms with Crippen molar-refractivity contribution in [2.45, 2.75) is 32.8 Å². The first-order valence-corrected chi connectivity index (χ1v) is 7.65. The summed E-state index contributed by atoms with van der Waals surface area (Å²) >= 11 is 0. The van der Waals surface area contributed by atoms with Crippen LogP contribution in [0.1, 0.15) is 31.9 Å². The SMILES string of the molecule is C=Cc1ccccc1CCN(C(=O)OC(C)(C)C)c1ccco1. The zero-order chi connectivity index (χ0) is 16.9. The van der Waals surface area contributed by atoms with E-state index in [1.54, 1.807) is 18.4 Å². The summed E-state index contributed by atoms with van der Waals surface area (Å²) in [6.45, 7) is 9.83. The molecule has 0 bridgehead atoms. The minimum atomic E-state index is -0.555. The molecule has 4 nitrogen and oxygen atoms in total. The van der Waals surface area contributed by atoms with Crippen LogP contribution < -0.4 is 4.90 Å². The van der Waals surface area contributed by atoms with Crippen molar-refractivity contribution >= 4 is 18.1 Å². The van der Waals surface area contributed by atoms with Crippen molar-refractivity contribution in [2.24, 2.45) is 0 Å². The number of carbonyl (C=O) groups is 1. The van der Waals surface area contributed by atoms with Gasteiger partial charge in [-0.25, -0.2) is 9.69 Å². The number of nitrogens with zero attached hydrogens (tertiary/aromatic N) is 1. The van der Waals surface area contributed by atoms with Crippen LogP contribution in [-0.2, 0) is 11.2 Å². The molecule has 122 valence electrons. The summed E-state index contributed by atoms with van der Waals surface area (Å²) in [6, 6.07) is 11.5. The first-order valence-electron chi connectivity index (χ1n) is 7.65. The van der Waals surface area contributed by atoms with Crippen LogP contribution in [0.15, 0.2) is 53.7 Å². The van der Waals surface area contributed by atoms with Crippen LogP contribution in [-0.4, -0.2) is 18.2 Å². The van der Waals surface area contributed by atoms with E-state index in [0.29, 0.717) is 18.8 Å². The van der Waals surface area contributed by atoms with Gasteiger partial charge in [-0.15, -0.1) is 0 Å². The maximum absolute atomic E-state index is 12.5. The smallest absolute Gasteiger partial charge is 0.417 e. The maximum Gasteiger partial charge on any atom is 0.417 e. The Morgan fingerprint density at radius 2 is 2.00 bits per heavy atom. The van der Waals surface area contributed by atoms with E-state index in [2.05, 4.69) is 6.58 Å². The van der Waals surface area contributed by atoms with E-state index in [9.17, 15) is 4.79 Å². The first-order chi connectivity index (χ1) is 10.9. The second-order valence-corrected chi connectivity index (χ2v) is 6.24. The Hall–Kier alpha value is -2.49. The maximum atomic E-state index is 12.5. The number of carbonyl (C=O) groups excluding carboxylic acids is 1. The van der Waals surface area contributed by atoms with Crippen molar-refractivity contribution in [1.29, 1.82) is 0 Å². The highest BCUT2D eigenvalue weighted by molar-refractivity contribution is 5.86. The van der Waals surface area contributed by atoms with Crippen molar-refractivity contribution in [3.63, 3.8) is 0 Å². The lowest BCUT2D eigenvalue weighted by Crippen LogP contribution is -2.38. The van der Waals surface area contributed by atoms with Crippen LogP contribution in [0.4, 0.5) is 10.7 Å². The van der Waals surface area contributed by atoms with E-state index < -0.39 is 11.7 Å². The fourth-order valence-electron chi connectivity index (χ4n) is 2.23. The van der Waals surface area contributed by atoms with Crippen molar-refractivity contribution in [3.05, 3.63) is 60.4 Å². The highest BCUT2D eigenvalue weighted by atomic mass is 16.6. The summed E-state index contributed by atoms with van der Waals surface area (Å²) < 4.78 is 10.9. The van der Waals surface area contributed by atoms with Crippen LogP contribution >= 0.6 is 0 Å². The molecule has 0 atom stereocenters. The summed E-state index contributed by atoms with van der Waals surface area (Å²) in [4.78, 5) is 14.0. The minimum absolute atomic E-state index is 0.413. The number of hydrogen-bond acceptors (Lipinski definition) is 3. The lowest BCUT2D eigenvalue weighted by Gasteiger charge is -2.26. The normalized spacial score (nSPS) is 11.1. The lowest BCUT2D eigenvalue weighted by atomic mass is 10.0. The topological polar surface area (TPSA) is 42.7 Å². The second kappa shape index (κ2) is 7.18. The van der Waals surface area contributed by atoms with Gasteiger partial charge in [-0.2, -0.15) is 0 Å². The highest BCUT2D eigenvalue weighted by Gasteiger charge is 2.24. The summed E-state index contributed by atoms with van der Waals surface area (Å²) in [7, 11) is 0. The Morgan fingerprint density at radius 3 is 2.61 bits per heavy atom. The monoisotopic (exact) mass is 313 g/mol. The third-order valence-electron chi connectivity index (χ3n) is 3.27. The number of furan rings is 1. The van der Waals surface area contributed by atoms with Gasteiger partial charge in [0, 0.05) is 12.6 Å². The number of ether oxygens (including phenoxy) is 1. The third kappa shape index (κ3) is 4.74. The highest BCUT2D eigenvalue weighted by Crippen LogP contribution is 2.20. The zero-order valence-corrected chi connectivity index (χ0v) is 13.9. The number of amides is 1. The average molecular weight is 313 g/mol. The van der Waals surface area contributed by atoms with Crippen molar-refractivity contribution in [1.82, 2.24) is 0 Å². The van der Waals surface area contributed by atoms with Gasteiger partial charge in [0.2, 0.25) is 5.88 Å². The molecular formula is C19H23NO3. The van der Waals surface area contributed by atoms with E-state index in [-0.39, 0.29) is 0 Å². The van der Waals surface area contributed by atoms with Gasteiger partial charge in [0.15, 0.2) is 0 Å². The molecule has 0 saturated carbocycles. The number of benzene rings is 1. The van der Waals surface area contributed by atoms with Gasteiger partial charge >= 0.3 is 6.09 Å². The van der Waals surface area contributed by atoms with Crippen molar-refractivity contribution in [2.75, 3.05) is 11.4 Å². The molecule has 1 aromatic heterocycles. The van der Waals surface area contributed by atoms with E-state index in [1.165, 1.54) is 4.90 Å². The molecule has 2 aromatic rings. The van der Waals surface area contributed by atoms with Gasteiger partial charge < -0.3 is 9.15 Å². The molecular weight excluding hydrogens is 290 g/mol. The van der Waals surface area contributed by atoms with E-state index in [1.807, 2.05) is 51.1 Å². The standard InChI is InChI=1S/C19H23NO3/c1-5-15-9-6-7-10-16(15)12-13-20(17-11-8-14-22-17)18(21)23-19(2,3)4/h5-11,14H,1,12-13H2,2-4H3.